The Balaban J connectivity index is 1.31. The monoisotopic (exact) mass is 515 g/mol. The molecule has 2 fully saturated rings. The summed E-state index contributed by atoms with van der Waals surface area (Å²) in [6.45, 7) is 3.24. The van der Waals surface area contributed by atoms with E-state index in [1.165, 1.54) is 43.1 Å². The highest BCUT2D eigenvalue weighted by atomic mass is 35.5. The van der Waals surface area contributed by atoms with Crippen molar-refractivity contribution < 1.29 is 23.1 Å². The molecule has 0 bridgehead atoms. The molecule has 5 rings (SSSR count). The number of carbonyl (C=O) groups is 2. The number of carbonyl (C=O) groups excluding carboxylic acids is 2. The SMILES string of the molecule is COc1ccc(-c2cnc(C(=O)Nc3ccc(C(=O)N4C[C@H]5CNC[C@H]5C4)c(Cl)c3)n2C)c(F)c1F. The van der Waals surface area contributed by atoms with E-state index in [9.17, 15) is 18.4 Å². The van der Waals surface area contributed by atoms with Crippen LogP contribution in [-0.4, -0.2) is 59.6 Å². The summed E-state index contributed by atoms with van der Waals surface area (Å²) in [6.07, 6.45) is 1.29. The molecule has 2 N–H and O–H groups in total. The average molecular weight is 516 g/mol. The first-order valence-electron chi connectivity index (χ1n) is 11.4. The second-order valence-electron chi connectivity index (χ2n) is 9.01. The van der Waals surface area contributed by atoms with E-state index in [1.54, 1.807) is 12.1 Å². The smallest absolute Gasteiger partial charge is 0.291 e. The highest BCUT2D eigenvalue weighted by molar-refractivity contribution is 6.34. The summed E-state index contributed by atoms with van der Waals surface area (Å²) in [6, 6.07) is 7.35. The van der Waals surface area contributed by atoms with Gasteiger partial charge in [-0.1, -0.05) is 11.6 Å². The van der Waals surface area contributed by atoms with Gasteiger partial charge in [-0.2, -0.15) is 4.39 Å². The number of halogens is 3. The molecule has 36 heavy (non-hydrogen) atoms. The van der Waals surface area contributed by atoms with Gasteiger partial charge in [-0.3, -0.25) is 9.59 Å². The van der Waals surface area contributed by atoms with Crippen LogP contribution >= 0.6 is 11.6 Å². The fourth-order valence-corrected chi connectivity index (χ4v) is 5.16. The molecule has 0 radical (unpaired) electrons. The van der Waals surface area contributed by atoms with Crippen LogP contribution in [0.1, 0.15) is 21.0 Å². The van der Waals surface area contributed by atoms with E-state index in [0.717, 1.165) is 13.1 Å². The molecule has 11 heteroatoms. The van der Waals surface area contributed by atoms with E-state index in [0.29, 0.717) is 36.2 Å². The van der Waals surface area contributed by atoms with Crippen molar-refractivity contribution in [3.8, 4) is 17.0 Å². The van der Waals surface area contributed by atoms with Crippen molar-refractivity contribution in [3.63, 3.8) is 0 Å². The Morgan fingerprint density at radius 2 is 1.86 bits per heavy atom. The summed E-state index contributed by atoms with van der Waals surface area (Å²) >= 11 is 6.41. The number of rotatable bonds is 5. The van der Waals surface area contributed by atoms with Crippen LogP contribution in [-0.2, 0) is 7.05 Å². The highest BCUT2D eigenvalue weighted by Crippen LogP contribution is 2.31. The lowest BCUT2D eigenvalue weighted by atomic mass is 10.0. The topological polar surface area (TPSA) is 88.5 Å². The van der Waals surface area contributed by atoms with Crippen LogP contribution in [0, 0.1) is 23.5 Å². The van der Waals surface area contributed by atoms with E-state index in [1.807, 2.05) is 4.90 Å². The van der Waals surface area contributed by atoms with Crippen LogP contribution in [0.3, 0.4) is 0 Å². The van der Waals surface area contributed by atoms with Gasteiger partial charge >= 0.3 is 0 Å². The second kappa shape index (κ2) is 9.51. The van der Waals surface area contributed by atoms with Gasteiger partial charge in [0.1, 0.15) is 0 Å². The van der Waals surface area contributed by atoms with Gasteiger partial charge in [0.15, 0.2) is 17.4 Å². The summed E-state index contributed by atoms with van der Waals surface area (Å²) in [4.78, 5) is 31.8. The third-order valence-electron chi connectivity index (χ3n) is 6.87. The first-order valence-corrected chi connectivity index (χ1v) is 11.8. The Labute approximate surface area is 211 Å². The van der Waals surface area contributed by atoms with Crippen molar-refractivity contribution in [2.24, 2.45) is 18.9 Å². The van der Waals surface area contributed by atoms with Gasteiger partial charge in [0.25, 0.3) is 11.8 Å². The fourth-order valence-electron chi connectivity index (χ4n) is 4.90. The Kier molecular flexibility index (Phi) is 6.40. The number of amides is 2. The first-order chi connectivity index (χ1) is 17.3. The molecule has 2 amide bonds. The predicted molar refractivity (Wildman–Crippen MR) is 130 cm³/mol. The van der Waals surface area contributed by atoms with Crippen molar-refractivity contribution in [2.45, 2.75) is 0 Å². The Hall–Kier alpha value is -3.50. The van der Waals surface area contributed by atoms with Crippen LogP contribution < -0.4 is 15.4 Å². The number of imidazole rings is 1. The summed E-state index contributed by atoms with van der Waals surface area (Å²) in [5, 5.41) is 6.26. The largest absolute Gasteiger partial charge is 0.494 e. The number of anilines is 1. The molecule has 2 atom stereocenters. The van der Waals surface area contributed by atoms with E-state index in [-0.39, 0.29) is 33.8 Å². The van der Waals surface area contributed by atoms with Gasteiger partial charge < -0.3 is 24.8 Å². The van der Waals surface area contributed by atoms with Crippen LogP contribution in [0.15, 0.2) is 36.5 Å². The molecular formula is C25H24ClF2N5O3. The number of nitrogens with zero attached hydrogens (tertiary/aromatic N) is 3. The van der Waals surface area contributed by atoms with Crippen molar-refractivity contribution in [1.29, 1.82) is 0 Å². The van der Waals surface area contributed by atoms with Crippen LogP contribution in [0.25, 0.3) is 11.3 Å². The van der Waals surface area contributed by atoms with Gasteiger partial charge in [-0.25, -0.2) is 9.37 Å². The third kappa shape index (κ3) is 4.20. The molecule has 0 unspecified atom stereocenters. The maximum atomic E-state index is 14.6. The molecule has 1 aromatic heterocycles. The van der Waals surface area contributed by atoms with Crippen LogP contribution in [0.5, 0.6) is 5.75 Å². The Morgan fingerprint density at radius 3 is 2.53 bits per heavy atom. The minimum Gasteiger partial charge on any atom is -0.494 e. The molecule has 0 aliphatic carbocycles. The fraction of sp³-hybridized carbons (Fsp3) is 0.320. The molecule has 0 saturated carbocycles. The number of nitrogens with one attached hydrogen (secondary N) is 2. The number of hydrogen-bond acceptors (Lipinski definition) is 5. The number of methoxy groups -OCH3 is 1. The molecule has 3 aromatic rings. The number of hydrogen-bond donors (Lipinski definition) is 2. The maximum Gasteiger partial charge on any atom is 0.291 e. The lowest BCUT2D eigenvalue weighted by Gasteiger charge is -2.18. The standard InChI is InChI=1S/C25H24ClF2N5O3/c1-32-19(17-5-6-20(36-2)22(28)21(17)27)10-30-23(32)24(34)31-15-3-4-16(18(26)7-15)25(35)33-11-13-8-29-9-14(13)12-33/h3-7,10,13-14,29H,8-9,11-12H2,1-2H3,(H,31,34)/t13-,14+. The molecule has 2 saturated heterocycles. The van der Waals surface area contributed by atoms with Gasteiger partial charge in [0, 0.05) is 44.5 Å². The average Bonchev–Trinajstić information content (AvgIpc) is 3.56. The molecule has 0 spiro atoms. The zero-order chi connectivity index (χ0) is 25.6. The van der Waals surface area contributed by atoms with E-state index in [4.69, 9.17) is 16.3 Å². The number of fused-ring (bicyclic) bond motifs is 1. The molecule has 8 nitrogen and oxygen atoms in total. The van der Waals surface area contributed by atoms with Crippen molar-refractivity contribution in [2.75, 3.05) is 38.6 Å². The zero-order valence-electron chi connectivity index (χ0n) is 19.6. The first kappa shape index (κ1) is 24.2. The third-order valence-corrected chi connectivity index (χ3v) is 7.18. The van der Waals surface area contributed by atoms with Gasteiger partial charge in [0.05, 0.1) is 29.6 Å². The van der Waals surface area contributed by atoms with Gasteiger partial charge in [-0.05, 0) is 42.2 Å². The molecule has 3 heterocycles. The Morgan fingerprint density at radius 1 is 1.14 bits per heavy atom. The lowest BCUT2D eigenvalue weighted by Crippen LogP contribution is -2.32. The molecule has 2 aliphatic rings. The lowest BCUT2D eigenvalue weighted by molar-refractivity contribution is 0.0781. The molecular weight excluding hydrogens is 492 g/mol. The van der Waals surface area contributed by atoms with Crippen molar-refractivity contribution in [3.05, 3.63) is 64.6 Å². The van der Waals surface area contributed by atoms with Crippen LogP contribution in [0.4, 0.5) is 14.5 Å². The van der Waals surface area contributed by atoms with E-state index < -0.39 is 17.5 Å². The minimum atomic E-state index is -1.12. The van der Waals surface area contributed by atoms with E-state index >= 15 is 0 Å². The molecule has 2 aromatic carbocycles. The highest BCUT2D eigenvalue weighted by Gasteiger charge is 2.38. The predicted octanol–water partition coefficient (Wildman–Crippen LogP) is 3.57. The van der Waals surface area contributed by atoms with Crippen molar-refractivity contribution >= 4 is 29.1 Å². The minimum absolute atomic E-state index is 0.0193. The molecule has 188 valence electrons. The number of benzene rings is 2. The zero-order valence-corrected chi connectivity index (χ0v) is 20.4. The number of likely N-dealkylation sites (tertiary alicyclic amines) is 1. The van der Waals surface area contributed by atoms with Gasteiger partial charge in [-0.15, -0.1) is 0 Å². The molecule has 2 aliphatic heterocycles. The number of aromatic nitrogens is 2. The summed E-state index contributed by atoms with van der Waals surface area (Å²) in [5.74, 6) is -2.24. The normalized spacial score (nSPS) is 18.9. The van der Waals surface area contributed by atoms with Crippen LogP contribution in [0.2, 0.25) is 5.02 Å². The summed E-state index contributed by atoms with van der Waals surface area (Å²) in [5.41, 5.74) is 0.896. The van der Waals surface area contributed by atoms with Gasteiger partial charge in [0.2, 0.25) is 5.82 Å². The second-order valence-corrected chi connectivity index (χ2v) is 9.41. The maximum absolute atomic E-state index is 14.6. The number of ether oxygens (including phenoxy) is 1. The summed E-state index contributed by atoms with van der Waals surface area (Å²) < 4.78 is 34.9. The van der Waals surface area contributed by atoms with Crippen molar-refractivity contribution in [1.82, 2.24) is 19.8 Å². The summed E-state index contributed by atoms with van der Waals surface area (Å²) in [7, 11) is 2.77. The Bertz CT molecular complexity index is 1350. The quantitative estimate of drug-likeness (QED) is 0.542. The van der Waals surface area contributed by atoms with E-state index in [2.05, 4.69) is 15.6 Å².